The van der Waals surface area contributed by atoms with Crippen LogP contribution in [0, 0.1) is 13.8 Å². The molecule has 0 saturated carbocycles. The zero-order valence-corrected chi connectivity index (χ0v) is 12.6. The summed E-state index contributed by atoms with van der Waals surface area (Å²) in [6.07, 6.45) is 1.71. The quantitative estimate of drug-likeness (QED) is 0.815. The molecular formula is C14H25N3O2. The van der Waals surface area contributed by atoms with Crippen molar-refractivity contribution >= 4 is 5.91 Å². The van der Waals surface area contributed by atoms with E-state index in [0.717, 1.165) is 23.4 Å². The van der Waals surface area contributed by atoms with Gasteiger partial charge < -0.3 is 10.4 Å². The molecule has 0 aliphatic heterocycles. The second-order valence-electron chi connectivity index (χ2n) is 5.39. The van der Waals surface area contributed by atoms with Gasteiger partial charge in [0, 0.05) is 30.5 Å². The smallest absolute Gasteiger partial charge is 0.224 e. The molecule has 19 heavy (non-hydrogen) atoms. The van der Waals surface area contributed by atoms with Crippen molar-refractivity contribution < 1.29 is 9.90 Å². The molecule has 1 rings (SSSR count). The molecule has 5 nitrogen and oxygen atoms in total. The number of nitrogens with zero attached hydrogens (tertiary/aromatic N) is 2. The van der Waals surface area contributed by atoms with Crippen molar-refractivity contribution in [2.45, 2.75) is 52.5 Å². The highest BCUT2D eigenvalue weighted by Gasteiger charge is 2.24. The maximum atomic E-state index is 12.1. The summed E-state index contributed by atoms with van der Waals surface area (Å²) in [7, 11) is 1.88. The predicted octanol–water partition coefficient (Wildman–Crippen LogP) is 1.25. The van der Waals surface area contributed by atoms with E-state index in [0.29, 0.717) is 12.8 Å². The van der Waals surface area contributed by atoms with Gasteiger partial charge in [-0.25, -0.2) is 0 Å². The molecular weight excluding hydrogens is 242 g/mol. The van der Waals surface area contributed by atoms with Crippen molar-refractivity contribution in [2.24, 2.45) is 7.05 Å². The molecule has 0 fully saturated rings. The van der Waals surface area contributed by atoms with E-state index in [1.807, 2.05) is 34.7 Å². The zero-order valence-electron chi connectivity index (χ0n) is 12.6. The van der Waals surface area contributed by atoms with Crippen LogP contribution in [0.5, 0.6) is 0 Å². The van der Waals surface area contributed by atoms with Gasteiger partial charge in [0.2, 0.25) is 5.91 Å². The van der Waals surface area contributed by atoms with E-state index in [-0.39, 0.29) is 18.1 Å². The Morgan fingerprint density at radius 2 is 2.11 bits per heavy atom. The SMILES string of the molecule is CCC(C)(CCO)NC(=O)Cc1c(C)nn(C)c1C. The zero-order chi connectivity index (χ0) is 14.6. The molecule has 1 heterocycles. The molecule has 0 saturated heterocycles. The summed E-state index contributed by atoms with van der Waals surface area (Å²) in [5, 5.41) is 16.4. The van der Waals surface area contributed by atoms with Gasteiger partial charge in [-0.1, -0.05) is 6.92 Å². The number of nitrogens with one attached hydrogen (secondary N) is 1. The number of aryl methyl sites for hydroxylation is 2. The summed E-state index contributed by atoms with van der Waals surface area (Å²) in [6, 6.07) is 0. The number of amides is 1. The molecule has 0 radical (unpaired) electrons. The number of carbonyl (C=O) groups excluding carboxylic acids is 1. The fourth-order valence-corrected chi connectivity index (χ4v) is 2.19. The van der Waals surface area contributed by atoms with Crippen LogP contribution in [0.4, 0.5) is 0 Å². The Kier molecular flexibility index (Phi) is 5.11. The standard InChI is InChI=1S/C14H25N3O2/c1-6-14(4,7-8-18)15-13(19)9-12-10(2)16-17(5)11(12)3/h18H,6-9H2,1-5H3,(H,15,19). The second kappa shape index (κ2) is 6.19. The van der Waals surface area contributed by atoms with Crippen LogP contribution < -0.4 is 5.32 Å². The predicted molar refractivity (Wildman–Crippen MR) is 74.9 cm³/mol. The van der Waals surface area contributed by atoms with Crippen LogP contribution in [0.15, 0.2) is 0 Å². The van der Waals surface area contributed by atoms with Gasteiger partial charge in [0.15, 0.2) is 0 Å². The maximum absolute atomic E-state index is 12.1. The molecule has 0 spiro atoms. The Hall–Kier alpha value is -1.36. The maximum Gasteiger partial charge on any atom is 0.224 e. The van der Waals surface area contributed by atoms with E-state index < -0.39 is 0 Å². The van der Waals surface area contributed by atoms with Gasteiger partial charge in [-0.2, -0.15) is 5.10 Å². The average Bonchev–Trinajstić information content (AvgIpc) is 2.56. The van der Waals surface area contributed by atoms with Crippen LogP contribution in [0.1, 0.15) is 43.6 Å². The van der Waals surface area contributed by atoms with Gasteiger partial charge in [0.25, 0.3) is 0 Å². The van der Waals surface area contributed by atoms with Crippen molar-refractivity contribution in [1.82, 2.24) is 15.1 Å². The first-order valence-electron chi connectivity index (χ1n) is 6.74. The first kappa shape index (κ1) is 15.7. The fraction of sp³-hybridized carbons (Fsp3) is 0.714. The number of aliphatic hydroxyl groups excluding tert-OH is 1. The summed E-state index contributed by atoms with van der Waals surface area (Å²) in [5.41, 5.74) is 2.57. The number of aromatic nitrogens is 2. The van der Waals surface area contributed by atoms with E-state index in [1.165, 1.54) is 0 Å². The van der Waals surface area contributed by atoms with Crippen molar-refractivity contribution in [3.63, 3.8) is 0 Å². The third-order valence-corrected chi connectivity index (χ3v) is 3.88. The lowest BCUT2D eigenvalue weighted by molar-refractivity contribution is -0.122. The third-order valence-electron chi connectivity index (χ3n) is 3.88. The van der Waals surface area contributed by atoms with Crippen LogP contribution in [0.2, 0.25) is 0 Å². The summed E-state index contributed by atoms with van der Waals surface area (Å²) >= 11 is 0. The van der Waals surface area contributed by atoms with Gasteiger partial charge in [0.1, 0.15) is 0 Å². The van der Waals surface area contributed by atoms with Crippen molar-refractivity contribution in [3.05, 3.63) is 17.0 Å². The summed E-state index contributed by atoms with van der Waals surface area (Å²) in [6.45, 7) is 7.94. The topological polar surface area (TPSA) is 67.2 Å². The number of hydrogen-bond donors (Lipinski definition) is 2. The molecule has 1 aromatic rings. The summed E-state index contributed by atoms with van der Waals surface area (Å²) < 4.78 is 1.80. The monoisotopic (exact) mass is 267 g/mol. The Morgan fingerprint density at radius 3 is 2.53 bits per heavy atom. The molecule has 1 atom stereocenters. The Bertz CT molecular complexity index is 454. The lowest BCUT2D eigenvalue weighted by atomic mass is 9.94. The van der Waals surface area contributed by atoms with Crippen LogP contribution in [-0.2, 0) is 18.3 Å². The van der Waals surface area contributed by atoms with Gasteiger partial charge in [-0.15, -0.1) is 0 Å². The minimum Gasteiger partial charge on any atom is -0.396 e. The Morgan fingerprint density at radius 1 is 1.47 bits per heavy atom. The highest BCUT2D eigenvalue weighted by Crippen LogP contribution is 2.16. The van der Waals surface area contributed by atoms with Crippen molar-refractivity contribution in [3.8, 4) is 0 Å². The normalized spacial score (nSPS) is 14.2. The van der Waals surface area contributed by atoms with Gasteiger partial charge >= 0.3 is 0 Å². The minimum atomic E-state index is -0.337. The molecule has 2 N–H and O–H groups in total. The van der Waals surface area contributed by atoms with Crippen LogP contribution in [-0.4, -0.2) is 32.9 Å². The van der Waals surface area contributed by atoms with Gasteiger partial charge in [-0.05, 0) is 33.6 Å². The largest absolute Gasteiger partial charge is 0.396 e. The lowest BCUT2D eigenvalue weighted by Gasteiger charge is -2.29. The fourth-order valence-electron chi connectivity index (χ4n) is 2.19. The number of rotatable bonds is 6. The van der Waals surface area contributed by atoms with E-state index >= 15 is 0 Å². The van der Waals surface area contributed by atoms with Crippen LogP contribution in [0.3, 0.4) is 0 Å². The highest BCUT2D eigenvalue weighted by molar-refractivity contribution is 5.79. The van der Waals surface area contributed by atoms with Crippen LogP contribution >= 0.6 is 0 Å². The van der Waals surface area contributed by atoms with Gasteiger partial charge in [-0.3, -0.25) is 9.48 Å². The molecule has 1 amide bonds. The molecule has 0 aliphatic rings. The number of aliphatic hydroxyl groups is 1. The molecule has 0 aliphatic carbocycles. The third kappa shape index (κ3) is 3.80. The minimum absolute atomic E-state index is 0.0167. The molecule has 1 aromatic heterocycles. The van der Waals surface area contributed by atoms with E-state index in [9.17, 15) is 4.79 Å². The molecule has 108 valence electrons. The second-order valence-corrected chi connectivity index (χ2v) is 5.39. The highest BCUT2D eigenvalue weighted by atomic mass is 16.3. The summed E-state index contributed by atoms with van der Waals surface area (Å²) in [5.74, 6) is -0.0167. The van der Waals surface area contributed by atoms with Crippen molar-refractivity contribution in [1.29, 1.82) is 0 Å². The molecule has 0 aromatic carbocycles. The molecule has 1 unspecified atom stereocenters. The number of hydrogen-bond acceptors (Lipinski definition) is 3. The Labute approximate surface area is 115 Å². The first-order chi connectivity index (χ1) is 8.83. The Balaban J connectivity index is 2.75. The molecule has 0 bridgehead atoms. The van der Waals surface area contributed by atoms with E-state index in [1.54, 1.807) is 4.68 Å². The van der Waals surface area contributed by atoms with Gasteiger partial charge in [0.05, 0.1) is 12.1 Å². The van der Waals surface area contributed by atoms with Crippen LogP contribution in [0.25, 0.3) is 0 Å². The summed E-state index contributed by atoms with van der Waals surface area (Å²) in [4.78, 5) is 12.1. The first-order valence-corrected chi connectivity index (χ1v) is 6.74. The van der Waals surface area contributed by atoms with E-state index in [4.69, 9.17) is 5.11 Å². The average molecular weight is 267 g/mol. The van der Waals surface area contributed by atoms with Crippen molar-refractivity contribution in [2.75, 3.05) is 6.61 Å². The number of carbonyl (C=O) groups is 1. The molecule has 5 heteroatoms. The lowest BCUT2D eigenvalue weighted by Crippen LogP contribution is -2.46. The van der Waals surface area contributed by atoms with E-state index in [2.05, 4.69) is 10.4 Å².